The van der Waals surface area contributed by atoms with Crippen LogP contribution in [-0.2, 0) is 14.3 Å². The summed E-state index contributed by atoms with van der Waals surface area (Å²) in [5.74, 6) is -0.110. The second-order valence-electron chi connectivity index (χ2n) is 11.6. The molecule has 5 atom stereocenters. The molecule has 1 aliphatic heterocycles. The Morgan fingerprint density at radius 1 is 1.24 bits per heavy atom. The second kappa shape index (κ2) is 9.02. The normalized spacial score (nSPS) is 33.9. The average molecular weight is 465 g/mol. The number of rotatable bonds is 5. The minimum Gasteiger partial charge on any atom is -0.481 e. The molecular weight excluding hydrogens is 424 g/mol. The Bertz CT molecular complexity index is 1050. The number of hydrogen-bond acceptors (Lipinski definition) is 3. The Kier molecular flexibility index (Phi) is 6.56. The van der Waals surface area contributed by atoms with Crippen molar-refractivity contribution in [1.29, 1.82) is 0 Å². The van der Waals surface area contributed by atoms with Crippen LogP contribution in [0.1, 0.15) is 86.5 Å². The standard InChI is InChI=1S/C30H40O4/c1-18(2)23-9-10-25-22(17-21(23)8-12-27(31)32)13-15-29(5)24(14-16-30(25,29)6)20(4)26-11-7-19(3)28(33)34-26/h7,9-10,17,20,24,26H,8,11-16H2,1-6H3,(H,31,32)/t20-,24?,26-,29+,30-/m0/s1. The second-order valence-corrected chi connectivity index (χ2v) is 11.6. The summed E-state index contributed by atoms with van der Waals surface area (Å²) in [5, 5.41) is 9.28. The summed E-state index contributed by atoms with van der Waals surface area (Å²) in [6.07, 6.45) is 14.8. The lowest BCUT2D eigenvalue weighted by atomic mass is 9.53. The van der Waals surface area contributed by atoms with Crippen LogP contribution in [0.5, 0.6) is 0 Å². The Balaban J connectivity index is 1.68. The van der Waals surface area contributed by atoms with Crippen molar-refractivity contribution >= 4 is 11.9 Å². The monoisotopic (exact) mass is 464 g/mol. The molecule has 0 saturated heterocycles. The van der Waals surface area contributed by atoms with Crippen molar-refractivity contribution in [2.24, 2.45) is 22.7 Å². The van der Waals surface area contributed by atoms with E-state index >= 15 is 0 Å². The van der Waals surface area contributed by atoms with Crippen LogP contribution >= 0.6 is 0 Å². The number of carbonyl (C=O) groups is 2. The van der Waals surface area contributed by atoms with E-state index in [1.165, 1.54) is 22.3 Å². The van der Waals surface area contributed by atoms with Gasteiger partial charge in [-0.1, -0.05) is 50.6 Å². The van der Waals surface area contributed by atoms with E-state index in [-0.39, 0.29) is 29.3 Å². The van der Waals surface area contributed by atoms with E-state index in [1.54, 1.807) is 0 Å². The smallest absolute Gasteiger partial charge is 0.333 e. The number of esters is 1. The highest BCUT2D eigenvalue weighted by molar-refractivity contribution is 5.88. The first-order valence-electron chi connectivity index (χ1n) is 12.9. The summed E-state index contributed by atoms with van der Waals surface area (Å²) >= 11 is 0. The van der Waals surface area contributed by atoms with E-state index in [1.807, 2.05) is 13.0 Å². The van der Waals surface area contributed by atoms with Crippen molar-refractivity contribution in [3.8, 4) is 0 Å². The third-order valence-corrected chi connectivity index (χ3v) is 9.60. The SMILES string of the molecule is CC1=CC[C@@H]([C@@H](C)C2CC[C@@]3(C)C4=C(C=C(CCC(=O)O)C(=C(C)C)C=C4)CC[C@]23C)OC1=O. The fourth-order valence-electron chi connectivity index (χ4n) is 7.26. The van der Waals surface area contributed by atoms with E-state index in [4.69, 9.17) is 4.74 Å². The molecule has 0 spiro atoms. The predicted octanol–water partition coefficient (Wildman–Crippen LogP) is 7.09. The molecule has 4 aliphatic rings. The highest BCUT2D eigenvalue weighted by atomic mass is 16.5. The highest BCUT2D eigenvalue weighted by Crippen LogP contribution is 2.67. The predicted molar refractivity (Wildman–Crippen MR) is 135 cm³/mol. The maximum atomic E-state index is 12.2. The number of ether oxygens (including phenoxy) is 1. The van der Waals surface area contributed by atoms with Crippen LogP contribution in [0.15, 0.2) is 57.7 Å². The molecule has 34 heavy (non-hydrogen) atoms. The van der Waals surface area contributed by atoms with Gasteiger partial charge in [0.15, 0.2) is 0 Å². The first-order chi connectivity index (χ1) is 16.0. The van der Waals surface area contributed by atoms with Crippen LogP contribution in [0, 0.1) is 22.7 Å². The van der Waals surface area contributed by atoms with Gasteiger partial charge < -0.3 is 9.84 Å². The summed E-state index contributed by atoms with van der Waals surface area (Å²) in [5.41, 5.74) is 7.26. The van der Waals surface area contributed by atoms with Crippen LogP contribution in [0.4, 0.5) is 0 Å². The van der Waals surface area contributed by atoms with Crippen LogP contribution < -0.4 is 0 Å². The van der Waals surface area contributed by atoms with Gasteiger partial charge in [-0.15, -0.1) is 0 Å². The van der Waals surface area contributed by atoms with Gasteiger partial charge in [0.25, 0.3) is 0 Å². The van der Waals surface area contributed by atoms with E-state index < -0.39 is 5.97 Å². The maximum Gasteiger partial charge on any atom is 0.333 e. The van der Waals surface area contributed by atoms with E-state index in [0.717, 1.165) is 43.3 Å². The van der Waals surface area contributed by atoms with Gasteiger partial charge in [-0.2, -0.15) is 0 Å². The van der Waals surface area contributed by atoms with Crippen molar-refractivity contribution in [2.45, 2.75) is 92.6 Å². The molecule has 1 unspecified atom stereocenters. The summed E-state index contributed by atoms with van der Waals surface area (Å²) < 4.78 is 5.86. The topological polar surface area (TPSA) is 63.6 Å². The first kappa shape index (κ1) is 24.8. The summed E-state index contributed by atoms with van der Waals surface area (Å²) in [7, 11) is 0. The molecule has 1 fully saturated rings. The van der Waals surface area contributed by atoms with E-state index in [9.17, 15) is 14.7 Å². The van der Waals surface area contributed by atoms with Crippen LogP contribution in [0.25, 0.3) is 0 Å². The number of fused-ring (bicyclic) bond motifs is 2. The van der Waals surface area contributed by atoms with Gasteiger partial charge >= 0.3 is 11.9 Å². The van der Waals surface area contributed by atoms with Gasteiger partial charge in [-0.3, -0.25) is 4.79 Å². The molecule has 0 aromatic rings. The molecule has 1 N–H and O–H groups in total. The van der Waals surface area contributed by atoms with Crippen LogP contribution in [-0.4, -0.2) is 23.1 Å². The van der Waals surface area contributed by atoms with E-state index in [0.29, 0.717) is 18.3 Å². The van der Waals surface area contributed by atoms with Gasteiger partial charge in [-0.25, -0.2) is 4.79 Å². The quantitative estimate of drug-likeness (QED) is 0.441. The maximum absolute atomic E-state index is 12.2. The highest BCUT2D eigenvalue weighted by Gasteiger charge is 2.59. The number of carbonyl (C=O) groups excluding carboxylic acids is 1. The molecule has 0 aromatic carbocycles. The number of hydrogen-bond donors (Lipinski definition) is 1. The number of carboxylic acid groups (broad SMARTS) is 1. The largest absolute Gasteiger partial charge is 0.481 e. The third-order valence-electron chi connectivity index (χ3n) is 9.60. The van der Waals surface area contributed by atoms with Crippen LogP contribution in [0.2, 0.25) is 0 Å². The summed E-state index contributed by atoms with van der Waals surface area (Å²) in [6.45, 7) is 13.2. The number of allylic oxidation sites excluding steroid dienone is 8. The Labute approximate surface area is 204 Å². The Morgan fingerprint density at radius 3 is 2.62 bits per heavy atom. The van der Waals surface area contributed by atoms with Gasteiger partial charge in [0.2, 0.25) is 0 Å². The van der Waals surface area contributed by atoms with Gasteiger partial charge in [0, 0.05) is 18.4 Å². The minimum absolute atomic E-state index is 0.0415. The molecule has 0 bridgehead atoms. The number of carboxylic acids is 1. The molecule has 0 radical (unpaired) electrons. The fourth-order valence-corrected chi connectivity index (χ4v) is 7.26. The lowest BCUT2D eigenvalue weighted by molar-refractivity contribution is -0.150. The molecule has 4 rings (SSSR count). The van der Waals surface area contributed by atoms with E-state index in [2.05, 4.69) is 52.8 Å². The van der Waals surface area contributed by atoms with Gasteiger partial charge in [0.1, 0.15) is 6.10 Å². The molecule has 0 amide bonds. The fraction of sp³-hybridized carbons (Fsp3) is 0.600. The van der Waals surface area contributed by atoms with Crippen molar-refractivity contribution in [1.82, 2.24) is 0 Å². The molecule has 0 aromatic heterocycles. The zero-order valence-corrected chi connectivity index (χ0v) is 21.7. The number of cyclic esters (lactones) is 1. The summed E-state index contributed by atoms with van der Waals surface area (Å²) in [6, 6.07) is 0. The molecule has 4 nitrogen and oxygen atoms in total. The van der Waals surface area contributed by atoms with Crippen molar-refractivity contribution in [3.63, 3.8) is 0 Å². The minimum atomic E-state index is -0.749. The van der Waals surface area contributed by atoms with Crippen molar-refractivity contribution in [2.75, 3.05) is 0 Å². The third kappa shape index (κ3) is 4.03. The molecule has 4 heteroatoms. The first-order valence-corrected chi connectivity index (χ1v) is 12.9. The average Bonchev–Trinajstić information content (AvgIpc) is 2.93. The lowest BCUT2D eigenvalue weighted by Gasteiger charge is -2.51. The summed E-state index contributed by atoms with van der Waals surface area (Å²) in [4.78, 5) is 23.5. The van der Waals surface area contributed by atoms with Crippen LogP contribution in [0.3, 0.4) is 0 Å². The van der Waals surface area contributed by atoms with Gasteiger partial charge in [-0.05, 0) is 97.8 Å². The number of aliphatic carboxylic acids is 1. The molecular formula is C30H40O4. The van der Waals surface area contributed by atoms with Crippen molar-refractivity contribution < 1.29 is 19.4 Å². The molecule has 184 valence electrons. The van der Waals surface area contributed by atoms with Crippen molar-refractivity contribution in [3.05, 3.63) is 57.7 Å². The zero-order chi connectivity index (χ0) is 24.8. The Hall–Kier alpha value is -2.36. The molecule has 1 saturated carbocycles. The Morgan fingerprint density at radius 2 is 1.97 bits per heavy atom. The lowest BCUT2D eigenvalue weighted by Crippen LogP contribution is -2.45. The zero-order valence-electron chi connectivity index (χ0n) is 21.7. The van der Waals surface area contributed by atoms with Gasteiger partial charge in [0.05, 0.1) is 0 Å². The molecule has 1 heterocycles. The molecule has 3 aliphatic carbocycles.